The Bertz CT molecular complexity index is 391. The molecule has 0 spiro atoms. The number of likely N-dealkylation sites (tertiary alicyclic amines) is 1. The summed E-state index contributed by atoms with van der Waals surface area (Å²) in [6.45, 7) is 8.14. The fourth-order valence-corrected chi connectivity index (χ4v) is 3.18. The van der Waals surface area contributed by atoms with E-state index in [1.807, 2.05) is 12.3 Å². The van der Waals surface area contributed by atoms with Gasteiger partial charge in [-0.3, -0.25) is 9.88 Å². The molecule has 0 radical (unpaired) electrons. The van der Waals surface area contributed by atoms with E-state index in [9.17, 15) is 0 Å². The van der Waals surface area contributed by atoms with E-state index < -0.39 is 0 Å². The lowest BCUT2D eigenvalue weighted by Gasteiger charge is -2.34. The molecule has 0 aromatic carbocycles. The van der Waals surface area contributed by atoms with Gasteiger partial charge in [0, 0.05) is 25.0 Å². The Morgan fingerprint density at radius 3 is 3.18 bits per heavy atom. The molecular weight excluding hydrogens is 210 g/mol. The summed E-state index contributed by atoms with van der Waals surface area (Å²) in [7, 11) is 0. The van der Waals surface area contributed by atoms with E-state index in [2.05, 4.69) is 28.2 Å². The number of rotatable bonds is 2. The summed E-state index contributed by atoms with van der Waals surface area (Å²) < 4.78 is 0. The minimum Gasteiger partial charge on any atom is -0.316 e. The van der Waals surface area contributed by atoms with Gasteiger partial charge in [0.2, 0.25) is 0 Å². The minimum atomic E-state index is 0.876. The van der Waals surface area contributed by atoms with Crippen LogP contribution in [0.1, 0.15) is 17.7 Å². The Morgan fingerprint density at radius 1 is 1.41 bits per heavy atom. The molecule has 1 aromatic heterocycles. The predicted molar refractivity (Wildman–Crippen MR) is 68.7 cm³/mol. The summed E-state index contributed by atoms with van der Waals surface area (Å²) in [4.78, 5) is 6.97. The van der Waals surface area contributed by atoms with Crippen LogP contribution in [0, 0.1) is 18.8 Å². The third kappa shape index (κ3) is 2.35. The number of aryl methyl sites for hydroxylation is 1. The number of hydrogen-bond donors (Lipinski definition) is 1. The lowest BCUT2D eigenvalue weighted by atomic mass is 9.88. The summed E-state index contributed by atoms with van der Waals surface area (Å²) in [5.41, 5.74) is 2.57. The number of piperidine rings is 1. The molecule has 3 heterocycles. The van der Waals surface area contributed by atoms with Crippen LogP contribution in [-0.2, 0) is 6.54 Å². The van der Waals surface area contributed by atoms with Crippen LogP contribution < -0.4 is 5.32 Å². The average molecular weight is 231 g/mol. The number of fused-ring (bicyclic) bond motifs is 1. The topological polar surface area (TPSA) is 28.2 Å². The molecule has 2 fully saturated rings. The van der Waals surface area contributed by atoms with Crippen molar-refractivity contribution in [2.45, 2.75) is 19.9 Å². The van der Waals surface area contributed by atoms with Gasteiger partial charge < -0.3 is 5.32 Å². The molecule has 1 N–H and O–H groups in total. The van der Waals surface area contributed by atoms with Crippen molar-refractivity contribution in [3.63, 3.8) is 0 Å². The number of pyridine rings is 1. The lowest BCUT2D eigenvalue weighted by Crippen LogP contribution is -2.39. The van der Waals surface area contributed by atoms with E-state index in [1.165, 1.54) is 43.9 Å². The summed E-state index contributed by atoms with van der Waals surface area (Å²) in [5.74, 6) is 1.81. The van der Waals surface area contributed by atoms with E-state index >= 15 is 0 Å². The van der Waals surface area contributed by atoms with Crippen LogP contribution in [0.25, 0.3) is 0 Å². The van der Waals surface area contributed by atoms with Crippen LogP contribution in [-0.4, -0.2) is 36.1 Å². The summed E-state index contributed by atoms with van der Waals surface area (Å²) in [6.07, 6.45) is 3.24. The largest absolute Gasteiger partial charge is 0.316 e. The third-order valence-corrected chi connectivity index (χ3v) is 4.30. The Hall–Kier alpha value is -0.930. The maximum atomic E-state index is 4.37. The van der Waals surface area contributed by atoms with Crippen LogP contribution in [0.15, 0.2) is 18.3 Å². The van der Waals surface area contributed by atoms with Gasteiger partial charge in [-0.05, 0) is 56.4 Å². The maximum absolute atomic E-state index is 4.37. The molecule has 0 amide bonds. The van der Waals surface area contributed by atoms with Gasteiger partial charge in [-0.2, -0.15) is 0 Å². The Labute approximate surface area is 103 Å². The number of aromatic nitrogens is 1. The van der Waals surface area contributed by atoms with Gasteiger partial charge in [0.1, 0.15) is 0 Å². The first-order chi connectivity index (χ1) is 8.33. The van der Waals surface area contributed by atoms with Gasteiger partial charge in [-0.25, -0.2) is 0 Å². The van der Waals surface area contributed by atoms with E-state index in [1.54, 1.807) is 0 Å². The van der Waals surface area contributed by atoms with E-state index in [0.29, 0.717) is 0 Å². The SMILES string of the molecule is Cc1ncccc1CN1CCC2CNCC2C1. The van der Waals surface area contributed by atoms with Crippen LogP contribution >= 0.6 is 0 Å². The number of nitrogens with one attached hydrogen (secondary N) is 1. The molecule has 3 nitrogen and oxygen atoms in total. The summed E-state index contributed by atoms with van der Waals surface area (Å²) in [5, 5.41) is 3.52. The zero-order valence-electron chi connectivity index (χ0n) is 10.5. The fraction of sp³-hybridized carbons (Fsp3) is 0.643. The zero-order chi connectivity index (χ0) is 11.7. The third-order valence-electron chi connectivity index (χ3n) is 4.30. The fourth-order valence-electron chi connectivity index (χ4n) is 3.18. The number of nitrogens with zero attached hydrogens (tertiary/aromatic N) is 2. The molecule has 17 heavy (non-hydrogen) atoms. The van der Waals surface area contributed by atoms with Gasteiger partial charge in [0.25, 0.3) is 0 Å². The van der Waals surface area contributed by atoms with Gasteiger partial charge in [-0.15, -0.1) is 0 Å². The second-order valence-corrected chi connectivity index (χ2v) is 5.45. The predicted octanol–water partition coefficient (Wildman–Crippen LogP) is 1.43. The van der Waals surface area contributed by atoms with Crippen molar-refractivity contribution in [1.82, 2.24) is 15.2 Å². The Morgan fingerprint density at radius 2 is 2.29 bits per heavy atom. The van der Waals surface area contributed by atoms with Gasteiger partial charge in [0.05, 0.1) is 0 Å². The summed E-state index contributed by atoms with van der Waals surface area (Å²) >= 11 is 0. The van der Waals surface area contributed by atoms with Gasteiger partial charge in [0.15, 0.2) is 0 Å². The van der Waals surface area contributed by atoms with Gasteiger partial charge >= 0.3 is 0 Å². The molecule has 0 saturated carbocycles. The molecule has 0 bridgehead atoms. The van der Waals surface area contributed by atoms with E-state index in [0.717, 1.165) is 18.4 Å². The maximum Gasteiger partial charge on any atom is 0.0417 e. The van der Waals surface area contributed by atoms with Crippen molar-refractivity contribution in [3.05, 3.63) is 29.6 Å². The monoisotopic (exact) mass is 231 g/mol. The number of hydrogen-bond acceptors (Lipinski definition) is 3. The lowest BCUT2D eigenvalue weighted by molar-refractivity contribution is 0.142. The second kappa shape index (κ2) is 4.75. The van der Waals surface area contributed by atoms with E-state index in [4.69, 9.17) is 0 Å². The van der Waals surface area contributed by atoms with E-state index in [-0.39, 0.29) is 0 Å². The molecule has 2 aliphatic heterocycles. The normalized spacial score (nSPS) is 29.2. The van der Waals surface area contributed by atoms with Crippen molar-refractivity contribution in [1.29, 1.82) is 0 Å². The molecule has 1 aromatic rings. The molecule has 3 rings (SSSR count). The Kier molecular flexibility index (Phi) is 3.12. The summed E-state index contributed by atoms with van der Waals surface area (Å²) in [6, 6.07) is 4.26. The van der Waals surface area contributed by atoms with Crippen LogP contribution in [0.5, 0.6) is 0 Å². The highest BCUT2D eigenvalue weighted by Gasteiger charge is 2.32. The molecular formula is C14H21N3. The highest BCUT2D eigenvalue weighted by atomic mass is 15.1. The van der Waals surface area contributed by atoms with Crippen LogP contribution in [0.3, 0.4) is 0 Å². The van der Waals surface area contributed by atoms with Crippen molar-refractivity contribution in [2.24, 2.45) is 11.8 Å². The standard InChI is InChI=1S/C14H21N3/c1-11-13(3-2-5-16-11)9-17-6-4-12-7-15-8-14(12)10-17/h2-3,5,12,14-15H,4,6-10H2,1H3. The minimum absolute atomic E-state index is 0.876. The molecule has 2 saturated heterocycles. The van der Waals surface area contributed by atoms with Crippen molar-refractivity contribution in [3.8, 4) is 0 Å². The van der Waals surface area contributed by atoms with Crippen LogP contribution in [0.4, 0.5) is 0 Å². The van der Waals surface area contributed by atoms with Crippen LogP contribution in [0.2, 0.25) is 0 Å². The highest BCUT2D eigenvalue weighted by Crippen LogP contribution is 2.27. The average Bonchev–Trinajstić information content (AvgIpc) is 2.79. The molecule has 2 unspecified atom stereocenters. The first-order valence-electron chi connectivity index (χ1n) is 6.66. The van der Waals surface area contributed by atoms with Crippen molar-refractivity contribution in [2.75, 3.05) is 26.2 Å². The molecule has 2 atom stereocenters. The molecule has 92 valence electrons. The first-order valence-corrected chi connectivity index (χ1v) is 6.66. The first kappa shape index (κ1) is 11.2. The zero-order valence-corrected chi connectivity index (χ0v) is 10.5. The highest BCUT2D eigenvalue weighted by molar-refractivity contribution is 5.18. The van der Waals surface area contributed by atoms with Crippen molar-refractivity contribution < 1.29 is 0 Å². The Balaban J connectivity index is 1.64. The smallest absolute Gasteiger partial charge is 0.0417 e. The molecule has 3 heteroatoms. The van der Waals surface area contributed by atoms with Gasteiger partial charge in [-0.1, -0.05) is 6.07 Å². The molecule has 0 aliphatic carbocycles. The molecule has 2 aliphatic rings. The van der Waals surface area contributed by atoms with Crippen molar-refractivity contribution >= 4 is 0 Å². The quantitative estimate of drug-likeness (QED) is 0.834. The second-order valence-electron chi connectivity index (χ2n) is 5.45.